The maximum absolute atomic E-state index is 12.5. The van der Waals surface area contributed by atoms with E-state index >= 15 is 0 Å². The molecule has 2 aliphatic heterocycles. The molecule has 1 amide bonds. The third-order valence-corrected chi connectivity index (χ3v) is 3.53. The third kappa shape index (κ3) is 2.81. The van der Waals surface area contributed by atoms with Crippen molar-refractivity contribution in [3.05, 3.63) is 35.9 Å². The quantitative estimate of drug-likeness (QED) is 0.860. The van der Waals surface area contributed by atoms with Crippen molar-refractivity contribution in [1.29, 1.82) is 0 Å². The molecule has 0 atom stereocenters. The number of oxime groups is 1. The molecule has 0 saturated carbocycles. The van der Waals surface area contributed by atoms with Gasteiger partial charge in [-0.05, 0) is 5.56 Å². The SMILES string of the molecule is O=C(OCc1ccccc1)N1CC2(CC(C(F)F)=NO2)C1. The summed E-state index contributed by atoms with van der Waals surface area (Å²) in [5.74, 6) is 0. The van der Waals surface area contributed by atoms with Crippen LogP contribution in [-0.4, -0.2) is 41.8 Å². The molecule has 3 rings (SSSR count). The zero-order chi connectivity index (χ0) is 14.9. The maximum atomic E-state index is 12.5. The first-order valence-electron chi connectivity index (χ1n) is 6.57. The number of nitrogens with zero attached hydrogens (tertiary/aromatic N) is 2. The van der Waals surface area contributed by atoms with E-state index in [-0.39, 0.29) is 31.8 Å². The molecule has 1 aromatic rings. The third-order valence-electron chi connectivity index (χ3n) is 3.53. The number of carbonyl (C=O) groups is 1. The van der Waals surface area contributed by atoms with Crippen LogP contribution in [0.4, 0.5) is 13.6 Å². The zero-order valence-electron chi connectivity index (χ0n) is 11.2. The van der Waals surface area contributed by atoms with Crippen LogP contribution >= 0.6 is 0 Å². The number of amides is 1. The molecule has 0 aliphatic carbocycles. The maximum Gasteiger partial charge on any atom is 0.410 e. The zero-order valence-corrected chi connectivity index (χ0v) is 11.2. The Kier molecular flexibility index (Phi) is 3.48. The molecule has 1 fully saturated rings. The summed E-state index contributed by atoms with van der Waals surface area (Å²) in [6.45, 7) is 0.628. The van der Waals surface area contributed by atoms with Gasteiger partial charge in [-0.2, -0.15) is 0 Å². The second kappa shape index (κ2) is 5.31. The Labute approximate surface area is 120 Å². The Morgan fingerprint density at radius 2 is 2.10 bits per heavy atom. The molecule has 0 unspecified atom stereocenters. The first-order chi connectivity index (χ1) is 10.1. The van der Waals surface area contributed by atoms with E-state index in [1.807, 2.05) is 30.3 Å². The first-order valence-corrected chi connectivity index (χ1v) is 6.57. The van der Waals surface area contributed by atoms with Crippen LogP contribution in [0.2, 0.25) is 0 Å². The molecule has 0 aromatic heterocycles. The lowest BCUT2D eigenvalue weighted by Crippen LogP contribution is -2.63. The molecule has 21 heavy (non-hydrogen) atoms. The van der Waals surface area contributed by atoms with Crippen molar-refractivity contribution >= 4 is 11.8 Å². The highest BCUT2D eigenvalue weighted by Crippen LogP contribution is 2.35. The number of halogens is 2. The predicted octanol–water partition coefficient (Wildman–Crippen LogP) is 2.42. The Morgan fingerprint density at radius 3 is 2.71 bits per heavy atom. The molecular weight excluding hydrogens is 282 g/mol. The van der Waals surface area contributed by atoms with Crippen molar-refractivity contribution in [2.24, 2.45) is 5.16 Å². The van der Waals surface area contributed by atoms with E-state index in [0.29, 0.717) is 0 Å². The standard InChI is InChI=1S/C14H14F2N2O3/c15-12(16)11-6-14(21-17-11)8-18(9-14)13(19)20-7-10-4-2-1-3-5-10/h1-5,12H,6-9H2. The highest BCUT2D eigenvalue weighted by atomic mass is 19.3. The fourth-order valence-electron chi connectivity index (χ4n) is 2.43. The van der Waals surface area contributed by atoms with Crippen LogP contribution in [0.5, 0.6) is 0 Å². The number of benzene rings is 1. The lowest BCUT2D eigenvalue weighted by molar-refractivity contribution is -0.117. The minimum atomic E-state index is -2.61. The van der Waals surface area contributed by atoms with Gasteiger partial charge in [0.25, 0.3) is 6.43 Å². The molecule has 1 aromatic carbocycles. The van der Waals surface area contributed by atoms with Gasteiger partial charge in [0.2, 0.25) is 0 Å². The van der Waals surface area contributed by atoms with Crippen LogP contribution in [-0.2, 0) is 16.2 Å². The van der Waals surface area contributed by atoms with Crippen molar-refractivity contribution in [1.82, 2.24) is 4.90 Å². The van der Waals surface area contributed by atoms with E-state index < -0.39 is 18.1 Å². The van der Waals surface area contributed by atoms with Crippen LogP contribution < -0.4 is 0 Å². The molecule has 1 spiro atoms. The smallest absolute Gasteiger partial charge is 0.410 e. The summed E-state index contributed by atoms with van der Waals surface area (Å²) in [5, 5.41) is 3.39. The lowest BCUT2D eigenvalue weighted by Gasteiger charge is -2.44. The number of likely N-dealkylation sites (tertiary alicyclic amines) is 1. The highest BCUT2D eigenvalue weighted by molar-refractivity contribution is 5.89. The fourth-order valence-corrected chi connectivity index (χ4v) is 2.43. The van der Waals surface area contributed by atoms with Gasteiger partial charge in [-0.1, -0.05) is 35.5 Å². The summed E-state index contributed by atoms with van der Waals surface area (Å²) in [5.41, 5.74) is -0.147. The highest BCUT2D eigenvalue weighted by Gasteiger charge is 2.53. The Bertz CT molecular complexity index is 557. The molecule has 7 heteroatoms. The summed E-state index contributed by atoms with van der Waals surface area (Å²) < 4.78 is 30.1. The van der Waals surface area contributed by atoms with Gasteiger partial charge in [-0.15, -0.1) is 0 Å². The lowest BCUT2D eigenvalue weighted by atomic mass is 9.89. The molecule has 1 saturated heterocycles. The summed E-state index contributed by atoms with van der Waals surface area (Å²) in [7, 11) is 0. The molecule has 0 N–H and O–H groups in total. The fraction of sp³-hybridized carbons (Fsp3) is 0.429. The van der Waals surface area contributed by atoms with Gasteiger partial charge in [0, 0.05) is 6.42 Å². The van der Waals surface area contributed by atoms with E-state index in [9.17, 15) is 13.6 Å². The molecule has 112 valence electrons. The average Bonchev–Trinajstić information content (AvgIpc) is 2.90. The van der Waals surface area contributed by atoms with Gasteiger partial charge >= 0.3 is 6.09 Å². The second-order valence-electron chi connectivity index (χ2n) is 5.23. The Morgan fingerprint density at radius 1 is 1.38 bits per heavy atom. The summed E-state index contributed by atoms with van der Waals surface area (Å²) in [6.07, 6.45) is -3.02. The predicted molar refractivity (Wildman–Crippen MR) is 70.1 cm³/mol. The Balaban J connectivity index is 1.45. The van der Waals surface area contributed by atoms with Crippen molar-refractivity contribution in [3.8, 4) is 0 Å². The van der Waals surface area contributed by atoms with E-state index in [4.69, 9.17) is 9.57 Å². The number of hydrogen-bond donors (Lipinski definition) is 0. The summed E-state index contributed by atoms with van der Waals surface area (Å²) in [4.78, 5) is 18.3. The average molecular weight is 296 g/mol. The van der Waals surface area contributed by atoms with Crippen molar-refractivity contribution in [2.75, 3.05) is 13.1 Å². The van der Waals surface area contributed by atoms with Crippen molar-refractivity contribution < 1.29 is 23.1 Å². The van der Waals surface area contributed by atoms with Crippen LogP contribution in [0.3, 0.4) is 0 Å². The van der Waals surface area contributed by atoms with Crippen LogP contribution in [0.1, 0.15) is 12.0 Å². The number of hydrogen-bond acceptors (Lipinski definition) is 4. The molecule has 2 heterocycles. The summed E-state index contributed by atoms with van der Waals surface area (Å²) >= 11 is 0. The van der Waals surface area contributed by atoms with Crippen LogP contribution in [0.25, 0.3) is 0 Å². The van der Waals surface area contributed by atoms with Gasteiger partial charge in [0.15, 0.2) is 5.60 Å². The van der Waals surface area contributed by atoms with E-state index in [2.05, 4.69) is 5.16 Å². The van der Waals surface area contributed by atoms with Gasteiger partial charge in [0.1, 0.15) is 12.3 Å². The minimum Gasteiger partial charge on any atom is -0.445 e. The number of alkyl halides is 2. The molecule has 2 aliphatic rings. The first kappa shape index (κ1) is 13.8. The van der Waals surface area contributed by atoms with Crippen LogP contribution in [0.15, 0.2) is 35.5 Å². The second-order valence-corrected chi connectivity index (χ2v) is 5.23. The molecule has 0 radical (unpaired) electrons. The number of rotatable bonds is 3. The van der Waals surface area contributed by atoms with Gasteiger partial charge in [0.05, 0.1) is 13.1 Å². The monoisotopic (exact) mass is 296 g/mol. The van der Waals surface area contributed by atoms with Gasteiger partial charge in [-0.25, -0.2) is 13.6 Å². The van der Waals surface area contributed by atoms with Crippen LogP contribution in [0, 0.1) is 0 Å². The van der Waals surface area contributed by atoms with Gasteiger partial charge < -0.3 is 9.57 Å². The largest absolute Gasteiger partial charge is 0.445 e. The van der Waals surface area contributed by atoms with Gasteiger partial charge in [-0.3, -0.25) is 4.90 Å². The van der Waals surface area contributed by atoms with Crippen molar-refractivity contribution in [2.45, 2.75) is 25.1 Å². The molecular formula is C14H14F2N2O3. The Hall–Kier alpha value is -2.18. The van der Waals surface area contributed by atoms with E-state index in [0.717, 1.165) is 5.56 Å². The van der Waals surface area contributed by atoms with E-state index in [1.54, 1.807) is 0 Å². The normalized spacial score (nSPS) is 19.2. The number of carbonyl (C=O) groups excluding carboxylic acids is 1. The minimum absolute atomic E-state index is 0.0626. The molecule has 5 nitrogen and oxygen atoms in total. The van der Waals surface area contributed by atoms with Crippen molar-refractivity contribution in [3.63, 3.8) is 0 Å². The number of ether oxygens (including phenoxy) is 1. The topological polar surface area (TPSA) is 51.1 Å². The van der Waals surface area contributed by atoms with E-state index in [1.165, 1.54) is 4.90 Å². The molecule has 0 bridgehead atoms. The summed E-state index contributed by atoms with van der Waals surface area (Å²) in [6, 6.07) is 9.30.